The first-order chi connectivity index (χ1) is 8.72. The lowest BCUT2D eigenvalue weighted by atomic mass is 10.0. The zero-order valence-corrected chi connectivity index (χ0v) is 11.7. The van der Waals surface area contributed by atoms with E-state index in [4.69, 9.17) is 0 Å². The lowest BCUT2D eigenvalue weighted by Crippen LogP contribution is -2.41. The van der Waals surface area contributed by atoms with Gasteiger partial charge in [0.1, 0.15) is 5.82 Å². The Kier molecular flexibility index (Phi) is 3.14. The number of rotatable bonds is 2. The molecule has 1 aromatic heterocycles. The van der Waals surface area contributed by atoms with Crippen molar-refractivity contribution < 1.29 is 0 Å². The van der Waals surface area contributed by atoms with E-state index in [1.165, 1.54) is 0 Å². The second kappa shape index (κ2) is 4.78. The average Bonchev–Trinajstić information content (AvgIpc) is 2.26. The van der Waals surface area contributed by atoms with Crippen LogP contribution >= 0.6 is 15.9 Å². The van der Waals surface area contributed by atoms with Crippen LogP contribution in [0.25, 0.3) is 11.3 Å². The SMILES string of the molecule is Cc1cc(-c2ccc(Br)cc2)nc(C2CNC2)n1. The number of hydrogen-bond acceptors (Lipinski definition) is 3. The first kappa shape index (κ1) is 11.8. The molecule has 1 fully saturated rings. The van der Waals surface area contributed by atoms with Crippen LogP contribution in [0.15, 0.2) is 34.8 Å². The monoisotopic (exact) mass is 303 g/mol. The van der Waals surface area contributed by atoms with Crippen molar-refractivity contribution in [2.75, 3.05) is 13.1 Å². The van der Waals surface area contributed by atoms with Crippen LogP contribution in [0, 0.1) is 6.92 Å². The van der Waals surface area contributed by atoms with E-state index < -0.39 is 0 Å². The van der Waals surface area contributed by atoms with Crippen LogP contribution in [0.1, 0.15) is 17.4 Å². The highest BCUT2D eigenvalue weighted by Crippen LogP contribution is 2.23. The Morgan fingerprint density at radius 1 is 1.17 bits per heavy atom. The van der Waals surface area contributed by atoms with Crippen LogP contribution in [0.5, 0.6) is 0 Å². The maximum absolute atomic E-state index is 4.69. The van der Waals surface area contributed by atoms with Crippen molar-refractivity contribution in [1.82, 2.24) is 15.3 Å². The van der Waals surface area contributed by atoms with E-state index in [0.29, 0.717) is 5.92 Å². The smallest absolute Gasteiger partial charge is 0.134 e. The predicted octanol–water partition coefficient (Wildman–Crippen LogP) is 2.90. The van der Waals surface area contributed by atoms with E-state index in [1.54, 1.807) is 0 Å². The van der Waals surface area contributed by atoms with Gasteiger partial charge in [0.25, 0.3) is 0 Å². The molecular weight excluding hydrogens is 290 g/mol. The molecule has 0 spiro atoms. The molecule has 1 aliphatic heterocycles. The molecule has 0 aliphatic carbocycles. The molecule has 1 saturated heterocycles. The highest BCUT2D eigenvalue weighted by molar-refractivity contribution is 9.10. The molecule has 2 aromatic rings. The fourth-order valence-corrected chi connectivity index (χ4v) is 2.28. The highest BCUT2D eigenvalue weighted by Gasteiger charge is 2.22. The highest BCUT2D eigenvalue weighted by atomic mass is 79.9. The maximum Gasteiger partial charge on any atom is 0.134 e. The Morgan fingerprint density at radius 2 is 1.89 bits per heavy atom. The molecule has 1 aromatic carbocycles. The standard InChI is InChI=1S/C14H14BrN3/c1-9-6-13(10-2-4-12(15)5-3-10)18-14(17-9)11-7-16-8-11/h2-6,11,16H,7-8H2,1H3. The largest absolute Gasteiger partial charge is 0.315 e. The molecule has 92 valence electrons. The maximum atomic E-state index is 4.69. The fourth-order valence-electron chi connectivity index (χ4n) is 2.01. The topological polar surface area (TPSA) is 37.8 Å². The number of aryl methyl sites for hydroxylation is 1. The third-order valence-electron chi connectivity index (χ3n) is 3.16. The molecule has 0 radical (unpaired) electrons. The summed E-state index contributed by atoms with van der Waals surface area (Å²) in [4.78, 5) is 9.23. The van der Waals surface area contributed by atoms with Gasteiger partial charge in [-0.1, -0.05) is 28.1 Å². The molecular formula is C14H14BrN3. The third kappa shape index (κ3) is 2.31. The zero-order chi connectivity index (χ0) is 12.5. The summed E-state index contributed by atoms with van der Waals surface area (Å²) in [5.74, 6) is 1.44. The van der Waals surface area contributed by atoms with Crippen LogP contribution in [0.3, 0.4) is 0 Å². The fraction of sp³-hybridized carbons (Fsp3) is 0.286. The Hall–Kier alpha value is -1.26. The lowest BCUT2D eigenvalue weighted by Gasteiger charge is -2.26. The number of nitrogens with zero attached hydrogens (tertiary/aromatic N) is 2. The van der Waals surface area contributed by atoms with Gasteiger partial charge in [0.05, 0.1) is 5.69 Å². The van der Waals surface area contributed by atoms with Crippen LogP contribution in [0.2, 0.25) is 0 Å². The quantitative estimate of drug-likeness (QED) is 0.927. The Morgan fingerprint density at radius 3 is 2.50 bits per heavy atom. The Balaban J connectivity index is 2.00. The molecule has 3 nitrogen and oxygen atoms in total. The normalized spacial score (nSPS) is 15.4. The molecule has 1 aliphatic rings. The number of benzene rings is 1. The molecule has 3 rings (SSSR count). The second-order valence-electron chi connectivity index (χ2n) is 4.61. The van der Waals surface area contributed by atoms with E-state index in [2.05, 4.69) is 43.3 Å². The molecule has 4 heteroatoms. The Bertz CT molecular complexity index is 562. The number of nitrogens with one attached hydrogen (secondary N) is 1. The molecule has 18 heavy (non-hydrogen) atoms. The van der Waals surface area contributed by atoms with E-state index in [0.717, 1.165) is 40.3 Å². The molecule has 0 atom stereocenters. The zero-order valence-electron chi connectivity index (χ0n) is 10.2. The average molecular weight is 304 g/mol. The van der Waals surface area contributed by atoms with Gasteiger partial charge in [0, 0.05) is 34.7 Å². The van der Waals surface area contributed by atoms with E-state index in [-0.39, 0.29) is 0 Å². The van der Waals surface area contributed by atoms with Crippen molar-refractivity contribution >= 4 is 15.9 Å². The van der Waals surface area contributed by atoms with Crippen LogP contribution in [-0.4, -0.2) is 23.1 Å². The van der Waals surface area contributed by atoms with Crippen molar-refractivity contribution in [3.8, 4) is 11.3 Å². The summed E-state index contributed by atoms with van der Waals surface area (Å²) in [6, 6.07) is 10.3. The van der Waals surface area contributed by atoms with Gasteiger partial charge in [0.15, 0.2) is 0 Å². The minimum absolute atomic E-state index is 0.471. The van der Waals surface area contributed by atoms with Crippen molar-refractivity contribution in [2.24, 2.45) is 0 Å². The molecule has 0 bridgehead atoms. The van der Waals surface area contributed by atoms with Crippen molar-refractivity contribution in [3.63, 3.8) is 0 Å². The summed E-state index contributed by atoms with van der Waals surface area (Å²) >= 11 is 3.45. The van der Waals surface area contributed by atoms with Crippen LogP contribution in [-0.2, 0) is 0 Å². The molecule has 0 unspecified atom stereocenters. The summed E-state index contributed by atoms with van der Waals surface area (Å²) in [6.07, 6.45) is 0. The minimum atomic E-state index is 0.471. The van der Waals surface area contributed by atoms with E-state index in [1.807, 2.05) is 25.1 Å². The summed E-state index contributed by atoms with van der Waals surface area (Å²) in [7, 11) is 0. The van der Waals surface area contributed by atoms with Gasteiger partial charge in [-0.05, 0) is 25.1 Å². The molecule has 0 amide bonds. The number of hydrogen-bond donors (Lipinski definition) is 1. The second-order valence-corrected chi connectivity index (χ2v) is 5.53. The number of aromatic nitrogens is 2. The molecule has 0 saturated carbocycles. The Labute approximate surface area is 115 Å². The summed E-state index contributed by atoms with van der Waals surface area (Å²) in [5.41, 5.74) is 3.18. The minimum Gasteiger partial charge on any atom is -0.315 e. The van der Waals surface area contributed by atoms with E-state index >= 15 is 0 Å². The summed E-state index contributed by atoms with van der Waals surface area (Å²) in [5, 5.41) is 3.26. The van der Waals surface area contributed by atoms with Gasteiger partial charge in [-0.3, -0.25) is 0 Å². The van der Waals surface area contributed by atoms with Gasteiger partial charge in [0.2, 0.25) is 0 Å². The summed E-state index contributed by atoms with van der Waals surface area (Å²) in [6.45, 7) is 4.01. The summed E-state index contributed by atoms with van der Waals surface area (Å²) < 4.78 is 1.08. The first-order valence-electron chi connectivity index (χ1n) is 6.04. The van der Waals surface area contributed by atoms with Crippen molar-refractivity contribution in [2.45, 2.75) is 12.8 Å². The van der Waals surface area contributed by atoms with Gasteiger partial charge in [-0.2, -0.15) is 0 Å². The van der Waals surface area contributed by atoms with Crippen molar-refractivity contribution in [1.29, 1.82) is 0 Å². The molecule has 2 heterocycles. The van der Waals surface area contributed by atoms with E-state index in [9.17, 15) is 0 Å². The first-order valence-corrected chi connectivity index (χ1v) is 6.84. The van der Waals surface area contributed by atoms with Gasteiger partial charge >= 0.3 is 0 Å². The lowest BCUT2D eigenvalue weighted by molar-refractivity contribution is 0.429. The van der Waals surface area contributed by atoms with Gasteiger partial charge < -0.3 is 5.32 Å². The van der Waals surface area contributed by atoms with Crippen molar-refractivity contribution in [3.05, 3.63) is 46.3 Å². The van der Waals surface area contributed by atoms with Gasteiger partial charge in [-0.15, -0.1) is 0 Å². The van der Waals surface area contributed by atoms with Crippen LogP contribution in [0.4, 0.5) is 0 Å². The third-order valence-corrected chi connectivity index (χ3v) is 3.69. The van der Waals surface area contributed by atoms with Crippen LogP contribution < -0.4 is 5.32 Å². The molecule has 1 N–H and O–H groups in total. The number of halogens is 1. The predicted molar refractivity (Wildman–Crippen MR) is 75.5 cm³/mol. The van der Waals surface area contributed by atoms with Gasteiger partial charge in [-0.25, -0.2) is 9.97 Å².